The molecule has 0 aliphatic heterocycles. The maximum atomic E-state index is 6.45. The third-order valence-electron chi connectivity index (χ3n) is 4.81. The van der Waals surface area contributed by atoms with E-state index in [2.05, 4.69) is 9.97 Å². The van der Waals surface area contributed by atoms with Gasteiger partial charge in [0.25, 0.3) is 0 Å². The molecule has 0 saturated heterocycles. The standard InChI is InChI=1S/C21H17Cl3N2O/c22-15-6-4-14(5-7-15)19-20(17-9-8-16(23)10-18(17)24)25-12-26-21(19)27-11-13-2-1-3-13/h4-10,12-13H,1-3,11H2. The van der Waals surface area contributed by atoms with E-state index in [1.54, 1.807) is 12.1 Å². The summed E-state index contributed by atoms with van der Waals surface area (Å²) in [6.07, 6.45) is 5.19. The molecule has 1 aliphatic rings. The summed E-state index contributed by atoms with van der Waals surface area (Å²) in [6.45, 7) is 0.658. The van der Waals surface area contributed by atoms with Crippen molar-refractivity contribution in [3.8, 4) is 28.3 Å². The SMILES string of the molecule is Clc1ccc(-c2c(OCC3CCC3)ncnc2-c2ccc(Cl)cc2Cl)cc1. The first kappa shape index (κ1) is 18.5. The molecule has 0 atom stereocenters. The second-order valence-corrected chi connectivity index (χ2v) is 7.92. The van der Waals surface area contributed by atoms with E-state index in [1.165, 1.54) is 25.6 Å². The first-order chi connectivity index (χ1) is 13.1. The quantitative estimate of drug-likeness (QED) is 0.449. The molecular weight excluding hydrogens is 403 g/mol. The monoisotopic (exact) mass is 418 g/mol. The van der Waals surface area contributed by atoms with Crippen molar-refractivity contribution in [1.29, 1.82) is 0 Å². The van der Waals surface area contributed by atoms with Crippen LogP contribution in [0.5, 0.6) is 5.88 Å². The number of ether oxygens (including phenoxy) is 1. The van der Waals surface area contributed by atoms with Crippen LogP contribution in [0.3, 0.4) is 0 Å². The molecule has 1 aromatic heterocycles. The highest BCUT2D eigenvalue weighted by atomic mass is 35.5. The van der Waals surface area contributed by atoms with Crippen LogP contribution >= 0.6 is 34.8 Å². The van der Waals surface area contributed by atoms with E-state index in [9.17, 15) is 0 Å². The lowest BCUT2D eigenvalue weighted by Gasteiger charge is -2.25. The molecule has 2 aromatic carbocycles. The minimum atomic E-state index is 0.529. The molecule has 1 heterocycles. The summed E-state index contributed by atoms with van der Waals surface area (Å²) in [6, 6.07) is 12.9. The second kappa shape index (κ2) is 8.05. The predicted molar refractivity (Wildman–Crippen MR) is 111 cm³/mol. The summed E-state index contributed by atoms with van der Waals surface area (Å²) in [7, 11) is 0. The minimum absolute atomic E-state index is 0.529. The number of nitrogens with zero attached hydrogens (tertiary/aromatic N) is 2. The summed E-state index contributed by atoms with van der Waals surface area (Å²) >= 11 is 18.6. The van der Waals surface area contributed by atoms with Gasteiger partial charge in [-0.2, -0.15) is 0 Å². The summed E-state index contributed by atoms with van der Waals surface area (Å²) in [5, 5.41) is 1.77. The summed E-state index contributed by atoms with van der Waals surface area (Å²) in [5.41, 5.74) is 3.21. The predicted octanol–water partition coefficient (Wildman–Crippen LogP) is 6.95. The van der Waals surface area contributed by atoms with Gasteiger partial charge in [0.1, 0.15) is 6.33 Å². The maximum Gasteiger partial charge on any atom is 0.225 e. The van der Waals surface area contributed by atoms with Crippen LogP contribution < -0.4 is 4.74 Å². The number of halogens is 3. The van der Waals surface area contributed by atoms with Crippen molar-refractivity contribution in [2.45, 2.75) is 19.3 Å². The Bertz CT molecular complexity index is 956. The summed E-state index contributed by atoms with van der Waals surface area (Å²) in [4.78, 5) is 8.91. The zero-order chi connectivity index (χ0) is 18.8. The van der Waals surface area contributed by atoms with Gasteiger partial charge in [-0.25, -0.2) is 9.97 Å². The van der Waals surface area contributed by atoms with E-state index in [4.69, 9.17) is 39.5 Å². The summed E-state index contributed by atoms with van der Waals surface area (Å²) < 4.78 is 6.10. The van der Waals surface area contributed by atoms with Crippen LogP contribution in [0.25, 0.3) is 22.4 Å². The molecule has 138 valence electrons. The minimum Gasteiger partial charge on any atom is -0.477 e. The van der Waals surface area contributed by atoms with Crippen molar-refractivity contribution in [3.05, 3.63) is 63.9 Å². The molecule has 3 nitrogen and oxygen atoms in total. The molecule has 0 unspecified atom stereocenters. The fourth-order valence-electron chi connectivity index (χ4n) is 3.10. The van der Waals surface area contributed by atoms with E-state index >= 15 is 0 Å². The van der Waals surface area contributed by atoms with Gasteiger partial charge in [-0.1, -0.05) is 53.4 Å². The van der Waals surface area contributed by atoms with Gasteiger partial charge in [0.2, 0.25) is 5.88 Å². The van der Waals surface area contributed by atoms with Crippen LogP contribution in [-0.2, 0) is 0 Å². The Morgan fingerprint density at radius 1 is 0.926 bits per heavy atom. The lowest BCUT2D eigenvalue weighted by Crippen LogP contribution is -2.20. The molecule has 3 aromatic rings. The van der Waals surface area contributed by atoms with Crippen LogP contribution in [0.4, 0.5) is 0 Å². The zero-order valence-electron chi connectivity index (χ0n) is 14.5. The molecule has 1 fully saturated rings. The molecule has 0 radical (unpaired) electrons. The third-order valence-corrected chi connectivity index (χ3v) is 5.61. The molecule has 6 heteroatoms. The van der Waals surface area contributed by atoms with E-state index in [0.717, 1.165) is 16.7 Å². The highest BCUT2D eigenvalue weighted by Crippen LogP contribution is 2.40. The van der Waals surface area contributed by atoms with Crippen molar-refractivity contribution in [2.75, 3.05) is 6.61 Å². The molecule has 27 heavy (non-hydrogen) atoms. The molecule has 0 bridgehead atoms. The van der Waals surface area contributed by atoms with Gasteiger partial charge in [0, 0.05) is 15.6 Å². The Morgan fingerprint density at radius 3 is 2.33 bits per heavy atom. The van der Waals surface area contributed by atoms with Gasteiger partial charge in [-0.15, -0.1) is 0 Å². The van der Waals surface area contributed by atoms with Crippen molar-refractivity contribution in [1.82, 2.24) is 9.97 Å². The van der Waals surface area contributed by atoms with Gasteiger partial charge >= 0.3 is 0 Å². The van der Waals surface area contributed by atoms with Crippen LogP contribution in [0, 0.1) is 5.92 Å². The largest absolute Gasteiger partial charge is 0.477 e. The smallest absolute Gasteiger partial charge is 0.225 e. The molecule has 1 aliphatic carbocycles. The molecule has 1 saturated carbocycles. The number of benzene rings is 2. The number of hydrogen-bond acceptors (Lipinski definition) is 3. The van der Waals surface area contributed by atoms with E-state index < -0.39 is 0 Å². The second-order valence-electron chi connectivity index (χ2n) is 6.64. The van der Waals surface area contributed by atoms with Crippen molar-refractivity contribution >= 4 is 34.8 Å². The van der Waals surface area contributed by atoms with Crippen LogP contribution in [0.1, 0.15) is 19.3 Å². The molecule has 4 rings (SSSR count). The Balaban J connectivity index is 1.82. The fraction of sp³-hybridized carbons (Fsp3) is 0.238. The lowest BCUT2D eigenvalue weighted by molar-refractivity contribution is 0.176. The maximum absolute atomic E-state index is 6.45. The molecule has 0 N–H and O–H groups in total. The van der Waals surface area contributed by atoms with Crippen molar-refractivity contribution in [2.24, 2.45) is 5.92 Å². The Labute approximate surface area is 173 Å². The number of rotatable bonds is 5. The van der Waals surface area contributed by atoms with E-state index in [-0.39, 0.29) is 0 Å². The Kier molecular flexibility index (Phi) is 5.53. The highest BCUT2D eigenvalue weighted by molar-refractivity contribution is 6.36. The number of hydrogen-bond donors (Lipinski definition) is 0. The van der Waals surface area contributed by atoms with E-state index in [0.29, 0.717) is 39.2 Å². The topological polar surface area (TPSA) is 35.0 Å². The number of aromatic nitrogens is 2. The van der Waals surface area contributed by atoms with Gasteiger partial charge in [-0.05, 0) is 54.7 Å². The van der Waals surface area contributed by atoms with Gasteiger partial charge < -0.3 is 4.74 Å². The van der Waals surface area contributed by atoms with Gasteiger partial charge in [-0.3, -0.25) is 0 Å². The van der Waals surface area contributed by atoms with Crippen molar-refractivity contribution < 1.29 is 4.74 Å². The Hall–Kier alpha value is -1.81. The Morgan fingerprint density at radius 2 is 1.67 bits per heavy atom. The average molecular weight is 420 g/mol. The van der Waals surface area contributed by atoms with Crippen LogP contribution in [-0.4, -0.2) is 16.6 Å². The zero-order valence-corrected chi connectivity index (χ0v) is 16.7. The van der Waals surface area contributed by atoms with Crippen LogP contribution in [0.2, 0.25) is 15.1 Å². The van der Waals surface area contributed by atoms with Crippen molar-refractivity contribution in [3.63, 3.8) is 0 Å². The van der Waals surface area contributed by atoms with Crippen LogP contribution in [0.15, 0.2) is 48.8 Å². The molecular formula is C21H17Cl3N2O. The first-order valence-electron chi connectivity index (χ1n) is 8.81. The third kappa shape index (κ3) is 4.06. The average Bonchev–Trinajstić information content (AvgIpc) is 2.61. The molecule has 0 amide bonds. The van der Waals surface area contributed by atoms with Gasteiger partial charge in [0.15, 0.2) is 0 Å². The summed E-state index contributed by atoms with van der Waals surface area (Å²) in [5.74, 6) is 1.15. The first-order valence-corrected chi connectivity index (χ1v) is 9.94. The van der Waals surface area contributed by atoms with E-state index in [1.807, 2.05) is 30.3 Å². The normalized spacial score (nSPS) is 14.0. The fourth-order valence-corrected chi connectivity index (χ4v) is 3.72. The molecule has 0 spiro atoms. The lowest BCUT2D eigenvalue weighted by atomic mass is 9.86. The highest BCUT2D eigenvalue weighted by Gasteiger charge is 2.22. The van der Waals surface area contributed by atoms with Gasteiger partial charge in [0.05, 0.1) is 22.9 Å².